The number of primary amides is 1. The largest absolute Gasteiger partial charge is 0.480 e. The van der Waals surface area contributed by atoms with Gasteiger partial charge in [0.2, 0.25) is 23.6 Å². The zero-order chi connectivity index (χ0) is 26.5. The lowest BCUT2D eigenvalue weighted by Crippen LogP contribution is -2.59. The van der Waals surface area contributed by atoms with Crippen molar-refractivity contribution in [3.05, 3.63) is 35.9 Å². The van der Waals surface area contributed by atoms with E-state index in [-0.39, 0.29) is 30.9 Å². The number of hydrogen-bond donors (Lipinski definition) is 7. The molecule has 11 nitrogen and oxygen atoms in total. The van der Waals surface area contributed by atoms with Crippen LogP contribution in [0, 0.1) is 5.92 Å². The Labute approximate surface area is 210 Å². The number of nitrogens with two attached hydrogens (primary N) is 2. The van der Waals surface area contributed by atoms with Gasteiger partial charge in [-0.2, -0.15) is 12.6 Å². The van der Waals surface area contributed by atoms with Crippen LogP contribution in [0.3, 0.4) is 0 Å². The van der Waals surface area contributed by atoms with E-state index in [1.54, 1.807) is 37.3 Å². The van der Waals surface area contributed by atoms with Crippen LogP contribution in [0.2, 0.25) is 0 Å². The molecule has 1 aromatic rings. The van der Waals surface area contributed by atoms with E-state index in [4.69, 9.17) is 11.5 Å². The first-order chi connectivity index (χ1) is 16.5. The fourth-order valence-electron chi connectivity index (χ4n) is 3.17. The number of carboxylic acids is 1. The number of thiol groups is 1. The number of carboxylic acid groups (broad SMARTS) is 1. The highest BCUT2D eigenvalue weighted by Crippen LogP contribution is 2.10. The molecule has 0 saturated heterocycles. The molecule has 8 N–H and O–H groups in total. The number of nitrogens with one attached hydrogen (secondary N) is 3. The number of carbonyl (C=O) groups excluding carboxylic acids is 4. The second-order valence-electron chi connectivity index (χ2n) is 8.32. The van der Waals surface area contributed by atoms with Crippen LogP contribution >= 0.6 is 12.6 Å². The summed E-state index contributed by atoms with van der Waals surface area (Å²) in [6.45, 7) is 3.57. The molecule has 35 heavy (non-hydrogen) atoms. The maximum Gasteiger partial charge on any atom is 0.326 e. The molecule has 0 aliphatic rings. The van der Waals surface area contributed by atoms with Gasteiger partial charge in [-0.15, -0.1) is 0 Å². The summed E-state index contributed by atoms with van der Waals surface area (Å²) >= 11 is 4.12. The molecule has 5 unspecified atom stereocenters. The van der Waals surface area contributed by atoms with Gasteiger partial charge in [0.05, 0.1) is 6.04 Å². The standard InChI is InChI=1S/C23H35N5O6S/c1-3-13(2)19(28-20(30)15(24)9-10-18(25)29)22(32)27-17(12-35)21(31)26-16(23(33)34)11-14-7-5-4-6-8-14/h4-8,13,15-17,19,35H,3,9-12,24H2,1-2H3,(H2,25,29)(H,26,31)(H,27,32)(H,28,30)(H,33,34). The summed E-state index contributed by atoms with van der Waals surface area (Å²) in [6.07, 6.45) is 0.536. The van der Waals surface area contributed by atoms with Crippen LogP contribution in [0.5, 0.6) is 0 Å². The van der Waals surface area contributed by atoms with Crippen LogP contribution in [-0.4, -0.2) is 64.6 Å². The molecule has 0 aliphatic heterocycles. The number of hydrogen-bond acceptors (Lipinski definition) is 7. The van der Waals surface area contributed by atoms with Crippen molar-refractivity contribution in [1.29, 1.82) is 0 Å². The van der Waals surface area contributed by atoms with E-state index in [9.17, 15) is 29.1 Å². The predicted octanol–water partition coefficient (Wildman–Crippen LogP) is -0.663. The van der Waals surface area contributed by atoms with Crippen molar-refractivity contribution in [3.63, 3.8) is 0 Å². The van der Waals surface area contributed by atoms with Gasteiger partial charge in [-0.05, 0) is 17.9 Å². The van der Waals surface area contributed by atoms with Crippen molar-refractivity contribution in [1.82, 2.24) is 16.0 Å². The van der Waals surface area contributed by atoms with Gasteiger partial charge in [0.15, 0.2) is 0 Å². The summed E-state index contributed by atoms with van der Waals surface area (Å²) < 4.78 is 0. The Morgan fingerprint density at radius 3 is 2.09 bits per heavy atom. The van der Waals surface area contributed by atoms with Gasteiger partial charge < -0.3 is 32.5 Å². The fourth-order valence-corrected chi connectivity index (χ4v) is 3.43. The highest BCUT2D eigenvalue weighted by atomic mass is 32.1. The summed E-state index contributed by atoms with van der Waals surface area (Å²) in [5.41, 5.74) is 11.6. The summed E-state index contributed by atoms with van der Waals surface area (Å²) in [7, 11) is 0. The van der Waals surface area contributed by atoms with E-state index in [0.717, 1.165) is 5.56 Å². The molecule has 5 atom stereocenters. The minimum atomic E-state index is -1.22. The van der Waals surface area contributed by atoms with Crippen LogP contribution in [0.1, 0.15) is 38.7 Å². The van der Waals surface area contributed by atoms with Crippen LogP contribution < -0.4 is 27.4 Å². The summed E-state index contributed by atoms with van der Waals surface area (Å²) in [6, 6.07) is 4.39. The normalized spacial score (nSPS) is 15.1. The average Bonchev–Trinajstić information content (AvgIpc) is 2.83. The Hall–Kier alpha value is -3.12. The number of rotatable bonds is 15. The quantitative estimate of drug-likeness (QED) is 0.152. The Bertz CT molecular complexity index is 884. The number of carbonyl (C=O) groups is 5. The number of aliphatic carboxylic acids is 1. The number of amides is 4. The average molecular weight is 510 g/mol. The van der Waals surface area contributed by atoms with E-state index in [2.05, 4.69) is 28.6 Å². The highest BCUT2D eigenvalue weighted by Gasteiger charge is 2.32. The molecule has 0 saturated carbocycles. The van der Waals surface area contributed by atoms with Crippen LogP contribution in [-0.2, 0) is 30.4 Å². The highest BCUT2D eigenvalue weighted by molar-refractivity contribution is 7.80. The first kappa shape index (κ1) is 29.9. The zero-order valence-electron chi connectivity index (χ0n) is 19.9. The molecule has 0 aliphatic carbocycles. The first-order valence-electron chi connectivity index (χ1n) is 11.3. The molecule has 194 valence electrons. The third-order valence-corrected chi connectivity index (χ3v) is 5.91. The predicted molar refractivity (Wildman–Crippen MR) is 133 cm³/mol. The topological polar surface area (TPSA) is 194 Å². The van der Waals surface area contributed by atoms with Gasteiger partial charge in [-0.3, -0.25) is 19.2 Å². The van der Waals surface area contributed by atoms with E-state index in [1.807, 2.05) is 6.92 Å². The Morgan fingerprint density at radius 1 is 0.971 bits per heavy atom. The molecule has 0 fully saturated rings. The van der Waals surface area contributed by atoms with Crippen LogP contribution in [0.25, 0.3) is 0 Å². The van der Waals surface area contributed by atoms with Crippen molar-refractivity contribution in [2.75, 3.05) is 5.75 Å². The SMILES string of the molecule is CCC(C)C(NC(=O)C(N)CCC(N)=O)C(=O)NC(CS)C(=O)NC(Cc1ccccc1)C(=O)O. The van der Waals surface area contributed by atoms with Gasteiger partial charge in [0.1, 0.15) is 18.1 Å². The van der Waals surface area contributed by atoms with Crippen molar-refractivity contribution in [3.8, 4) is 0 Å². The lowest BCUT2D eigenvalue weighted by Gasteiger charge is -2.27. The van der Waals surface area contributed by atoms with E-state index in [1.165, 1.54) is 0 Å². The summed E-state index contributed by atoms with van der Waals surface area (Å²) in [4.78, 5) is 60.8. The van der Waals surface area contributed by atoms with Gasteiger partial charge >= 0.3 is 5.97 Å². The molecule has 0 aromatic heterocycles. The Morgan fingerprint density at radius 2 is 1.57 bits per heavy atom. The molecule has 12 heteroatoms. The van der Waals surface area contributed by atoms with Gasteiger partial charge in [-0.25, -0.2) is 4.79 Å². The van der Waals surface area contributed by atoms with Crippen LogP contribution in [0.4, 0.5) is 0 Å². The first-order valence-corrected chi connectivity index (χ1v) is 12.0. The summed E-state index contributed by atoms with van der Waals surface area (Å²) in [5, 5.41) is 17.1. The van der Waals surface area contributed by atoms with Gasteiger partial charge in [-0.1, -0.05) is 50.6 Å². The van der Waals surface area contributed by atoms with Crippen molar-refractivity contribution in [2.45, 2.75) is 63.7 Å². The van der Waals surface area contributed by atoms with E-state index in [0.29, 0.717) is 6.42 Å². The molecular weight excluding hydrogens is 474 g/mol. The molecule has 0 bridgehead atoms. The van der Waals surface area contributed by atoms with Gasteiger partial charge in [0, 0.05) is 18.6 Å². The zero-order valence-corrected chi connectivity index (χ0v) is 20.8. The lowest BCUT2D eigenvalue weighted by molar-refractivity contribution is -0.142. The summed E-state index contributed by atoms with van der Waals surface area (Å²) in [5.74, 6) is -4.22. The molecule has 0 heterocycles. The maximum absolute atomic E-state index is 13.0. The Kier molecular flexibility index (Phi) is 12.8. The third kappa shape index (κ3) is 10.4. The van der Waals surface area contributed by atoms with Crippen molar-refractivity contribution >= 4 is 42.2 Å². The van der Waals surface area contributed by atoms with Crippen molar-refractivity contribution < 1.29 is 29.1 Å². The molecule has 4 amide bonds. The van der Waals surface area contributed by atoms with Gasteiger partial charge in [0.25, 0.3) is 0 Å². The number of benzene rings is 1. The minimum absolute atomic E-state index is 0.0235. The van der Waals surface area contributed by atoms with E-state index >= 15 is 0 Å². The third-order valence-electron chi connectivity index (χ3n) is 5.54. The molecule has 0 radical (unpaired) electrons. The monoisotopic (exact) mass is 509 g/mol. The smallest absolute Gasteiger partial charge is 0.326 e. The molecule has 1 aromatic carbocycles. The lowest BCUT2D eigenvalue weighted by atomic mass is 9.97. The van der Waals surface area contributed by atoms with Crippen LogP contribution in [0.15, 0.2) is 30.3 Å². The molecule has 1 rings (SSSR count). The molecular formula is C23H35N5O6S. The molecule has 0 spiro atoms. The minimum Gasteiger partial charge on any atom is -0.480 e. The maximum atomic E-state index is 13.0. The Balaban J connectivity index is 2.87. The van der Waals surface area contributed by atoms with Crippen molar-refractivity contribution in [2.24, 2.45) is 17.4 Å². The van der Waals surface area contributed by atoms with E-state index < -0.39 is 53.8 Å². The fraction of sp³-hybridized carbons (Fsp3) is 0.522. The second-order valence-corrected chi connectivity index (χ2v) is 8.68. The second kappa shape index (κ2) is 15.0.